The van der Waals surface area contributed by atoms with Crippen LogP contribution in [0.15, 0.2) is 78.5 Å². The Morgan fingerprint density at radius 3 is 2.34 bits per heavy atom. The zero-order chi connectivity index (χ0) is 26.8. The Hall–Kier alpha value is -4.55. The van der Waals surface area contributed by atoms with Gasteiger partial charge in [-0.15, -0.1) is 0 Å². The Bertz CT molecular complexity index is 1490. The molecule has 38 heavy (non-hydrogen) atoms. The highest BCUT2D eigenvalue weighted by Gasteiger charge is 2.24. The van der Waals surface area contributed by atoms with Crippen LogP contribution >= 0.6 is 0 Å². The molecule has 0 radical (unpaired) electrons. The molecule has 0 aliphatic heterocycles. The minimum Gasteiger partial charge on any atom is -0.493 e. The van der Waals surface area contributed by atoms with Crippen molar-refractivity contribution in [3.05, 3.63) is 84.0 Å². The van der Waals surface area contributed by atoms with E-state index in [0.717, 1.165) is 5.41 Å². The number of aromatic nitrogens is 4. The molecule has 2 N–H and O–H groups in total. The fourth-order valence-corrected chi connectivity index (χ4v) is 3.96. The lowest BCUT2D eigenvalue weighted by molar-refractivity contribution is 0.224. The second kappa shape index (κ2) is 12.6. The lowest BCUT2D eigenvalue weighted by atomic mass is 10.2. The minimum absolute atomic E-state index is 0.00159. The van der Waals surface area contributed by atoms with E-state index < -0.39 is 10.0 Å². The molecule has 2 aromatic carbocycles. The number of anilines is 1. The van der Waals surface area contributed by atoms with Crippen LogP contribution in [-0.4, -0.2) is 53.8 Å². The molecule has 4 aromatic rings. The van der Waals surface area contributed by atoms with Gasteiger partial charge in [-0.2, -0.15) is 4.98 Å². The molecule has 4 rings (SSSR count). The summed E-state index contributed by atoms with van der Waals surface area (Å²) in [6.45, 7) is -0.0445. The van der Waals surface area contributed by atoms with Crippen molar-refractivity contribution in [2.45, 2.75) is 6.42 Å². The molecule has 2 heterocycles. The number of aliphatic hydroxyl groups excluding tert-OH is 1. The summed E-state index contributed by atoms with van der Waals surface area (Å²) in [5, 5.41) is 10.2. The number of hydrogen-bond donors (Lipinski definition) is 2. The van der Waals surface area contributed by atoms with Gasteiger partial charge in [0.2, 0.25) is 11.6 Å². The summed E-state index contributed by atoms with van der Waals surface area (Å²) in [7, 11) is -2.60. The monoisotopic (exact) mass is 535 g/mol. The van der Waals surface area contributed by atoms with E-state index in [1.807, 2.05) is 6.07 Å². The SMILES string of the molecule is COc1ccccc1Oc1c(NS(=O)(=O)C=Cc2ccccc2)nc(-c2ncccn2)nc1OCCCO. The van der Waals surface area contributed by atoms with Gasteiger partial charge in [0, 0.05) is 25.4 Å². The fraction of sp³-hybridized carbons (Fsp3) is 0.154. The summed E-state index contributed by atoms with van der Waals surface area (Å²) in [6.07, 6.45) is 4.76. The highest BCUT2D eigenvalue weighted by atomic mass is 32.2. The van der Waals surface area contributed by atoms with E-state index in [-0.39, 0.29) is 48.1 Å². The van der Waals surface area contributed by atoms with E-state index in [1.165, 1.54) is 25.6 Å². The quantitative estimate of drug-likeness (QED) is 0.256. The molecule has 0 amide bonds. The zero-order valence-electron chi connectivity index (χ0n) is 20.4. The molecule has 0 bridgehead atoms. The van der Waals surface area contributed by atoms with E-state index in [0.29, 0.717) is 17.7 Å². The van der Waals surface area contributed by atoms with Crippen molar-refractivity contribution in [2.24, 2.45) is 0 Å². The Balaban J connectivity index is 1.81. The maximum atomic E-state index is 13.1. The van der Waals surface area contributed by atoms with Crippen LogP contribution in [0.2, 0.25) is 0 Å². The first-order chi connectivity index (χ1) is 18.5. The molecular formula is C26H25N5O6S. The lowest BCUT2D eigenvalue weighted by Gasteiger charge is -2.17. The third-order valence-corrected chi connectivity index (χ3v) is 5.87. The number of ether oxygens (including phenoxy) is 3. The summed E-state index contributed by atoms with van der Waals surface area (Å²) in [5.41, 5.74) is 0.692. The first-order valence-corrected chi connectivity index (χ1v) is 13.0. The first kappa shape index (κ1) is 26.5. The van der Waals surface area contributed by atoms with Gasteiger partial charge in [-0.05, 0) is 29.8 Å². The normalized spacial score (nSPS) is 11.3. The lowest BCUT2D eigenvalue weighted by Crippen LogP contribution is -2.14. The van der Waals surface area contributed by atoms with Crippen molar-refractivity contribution >= 4 is 21.9 Å². The smallest absolute Gasteiger partial charge is 0.263 e. The highest BCUT2D eigenvalue weighted by molar-refractivity contribution is 7.95. The Morgan fingerprint density at radius 2 is 1.63 bits per heavy atom. The highest BCUT2D eigenvalue weighted by Crippen LogP contribution is 2.41. The van der Waals surface area contributed by atoms with Crippen LogP contribution in [0.3, 0.4) is 0 Å². The maximum absolute atomic E-state index is 13.1. The van der Waals surface area contributed by atoms with Gasteiger partial charge in [-0.1, -0.05) is 42.5 Å². The van der Waals surface area contributed by atoms with Gasteiger partial charge >= 0.3 is 0 Å². The molecule has 0 saturated heterocycles. The van der Waals surface area contributed by atoms with Crippen molar-refractivity contribution in [3.8, 4) is 34.8 Å². The number of sulfonamides is 1. The van der Waals surface area contributed by atoms with Gasteiger partial charge in [0.15, 0.2) is 23.1 Å². The molecule has 0 spiro atoms. The summed E-state index contributed by atoms with van der Waals surface area (Å²) >= 11 is 0. The predicted octanol–water partition coefficient (Wildman–Crippen LogP) is 3.91. The van der Waals surface area contributed by atoms with Crippen LogP contribution in [0, 0.1) is 0 Å². The number of benzene rings is 2. The van der Waals surface area contributed by atoms with Crippen molar-refractivity contribution in [3.63, 3.8) is 0 Å². The fourth-order valence-electron chi connectivity index (χ4n) is 3.15. The Kier molecular flexibility index (Phi) is 8.80. The second-order valence-corrected chi connectivity index (χ2v) is 9.21. The van der Waals surface area contributed by atoms with Crippen LogP contribution in [0.4, 0.5) is 5.82 Å². The van der Waals surface area contributed by atoms with E-state index in [1.54, 1.807) is 54.6 Å². The second-order valence-electron chi connectivity index (χ2n) is 7.64. The van der Waals surface area contributed by atoms with Crippen molar-refractivity contribution in [1.29, 1.82) is 0 Å². The van der Waals surface area contributed by atoms with Crippen LogP contribution in [0.25, 0.3) is 17.7 Å². The van der Waals surface area contributed by atoms with Gasteiger partial charge in [0.05, 0.1) is 19.1 Å². The van der Waals surface area contributed by atoms with Crippen molar-refractivity contribution in [1.82, 2.24) is 19.9 Å². The Morgan fingerprint density at radius 1 is 0.921 bits per heavy atom. The number of nitrogens with zero attached hydrogens (tertiary/aromatic N) is 4. The average Bonchev–Trinajstić information content (AvgIpc) is 2.94. The predicted molar refractivity (Wildman–Crippen MR) is 141 cm³/mol. The molecule has 0 saturated carbocycles. The van der Waals surface area contributed by atoms with Crippen molar-refractivity contribution in [2.75, 3.05) is 25.0 Å². The summed E-state index contributed by atoms with van der Waals surface area (Å²) in [5.74, 6) is 0.419. The molecule has 11 nitrogen and oxygen atoms in total. The van der Waals surface area contributed by atoms with E-state index in [4.69, 9.17) is 14.2 Å². The molecule has 2 aromatic heterocycles. The molecule has 0 fully saturated rings. The maximum Gasteiger partial charge on any atom is 0.263 e. The molecule has 196 valence electrons. The summed E-state index contributed by atoms with van der Waals surface area (Å²) < 4.78 is 45.8. The standard InChI is InChI=1S/C26H25N5O6S/c1-35-20-11-5-6-12-21(20)37-22-23(31-38(33,34)18-13-19-9-3-2-4-10-19)29-25(24-27-14-7-15-28-24)30-26(22)36-17-8-16-32/h2-7,9-15,18,32H,8,16-17H2,1H3,(H,29,30,31). The zero-order valence-corrected chi connectivity index (χ0v) is 21.2. The number of nitrogens with one attached hydrogen (secondary N) is 1. The van der Waals surface area contributed by atoms with Crippen LogP contribution in [0.5, 0.6) is 23.1 Å². The Labute approximate surface area is 219 Å². The number of aliphatic hydroxyl groups is 1. The van der Waals surface area contributed by atoms with Gasteiger partial charge in [-0.3, -0.25) is 4.72 Å². The number of hydrogen-bond acceptors (Lipinski definition) is 10. The van der Waals surface area contributed by atoms with E-state index >= 15 is 0 Å². The van der Waals surface area contributed by atoms with Gasteiger partial charge < -0.3 is 19.3 Å². The molecule has 0 aliphatic carbocycles. The summed E-state index contributed by atoms with van der Waals surface area (Å²) in [6, 6.07) is 17.4. The molecule has 0 atom stereocenters. The van der Waals surface area contributed by atoms with Crippen LogP contribution < -0.4 is 18.9 Å². The minimum atomic E-state index is -4.07. The molecule has 12 heteroatoms. The molecule has 0 unspecified atom stereocenters. The third-order valence-electron chi connectivity index (χ3n) is 4.90. The number of methoxy groups -OCH3 is 1. The molecular weight excluding hydrogens is 510 g/mol. The van der Waals surface area contributed by atoms with E-state index in [9.17, 15) is 13.5 Å². The number of para-hydroxylation sites is 2. The first-order valence-electron chi connectivity index (χ1n) is 11.5. The number of rotatable bonds is 12. The van der Waals surface area contributed by atoms with Crippen molar-refractivity contribution < 1.29 is 27.7 Å². The average molecular weight is 536 g/mol. The largest absolute Gasteiger partial charge is 0.493 e. The van der Waals surface area contributed by atoms with Crippen LogP contribution in [0.1, 0.15) is 12.0 Å². The van der Waals surface area contributed by atoms with Crippen LogP contribution in [-0.2, 0) is 10.0 Å². The van der Waals surface area contributed by atoms with Gasteiger partial charge in [-0.25, -0.2) is 23.4 Å². The third kappa shape index (κ3) is 7.02. The molecule has 0 aliphatic rings. The topological polar surface area (TPSA) is 146 Å². The van der Waals surface area contributed by atoms with Gasteiger partial charge in [0.1, 0.15) is 0 Å². The van der Waals surface area contributed by atoms with Gasteiger partial charge in [0.25, 0.3) is 15.9 Å². The summed E-state index contributed by atoms with van der Waals surface area (Å²) in [4.78, 5) is 17.1. The van der Waals surface area contributed by atoms with E-state index in [2.05, 4.69) is 24.7 Å².